The van der Waals surface area contributed by atoms with Gasteiger partial charge in [0, 0.05) is 18.8 Å². The van der Waals surface area contributed by atoms with Crippen LogP contribution in [0.5, 0.6) is 0 Å². The average Bonchev–Trinajstić information content (AvgIpc) is 2.37. The first-order chi connectivity index (χ1) is 4.34. The van der Waals surface area contributed by atoms with Gasteiger partial charge in [-0.2, -0.15) is 0 Å². The summed E-state index contributed by atoms with van der Waals surface area (Å²) in [6.07, 6.45) is 4.64. The number of allylic oxidation sites excluding steroid dienone is 2. The van der Waals surface area contributed by atoms with Gasteiger partial charge in [0.05, 0.1) is 0 Å². The lowest BCUT2D eigenvalue weighted by atomic mass is 10.4. The zero-order valence-corrected chi connectivity index (χ0v) is 6.06. The molecule has 51 valence electrons. The molecule has 1 nitrogen and oxygen atoms in total. The first kappa shape index (κ1) is 6.66. The van der Waals surface area contributed by atoms with Crippen LogP contribution in [0.1, 0.15) is 19.8 Å². The van der Waals surface area contributed by atoms with Crippen molar-refractivity contribution >= 4 is 0 Å². The lowest BCUT2D eigenvalue weighted by Crippen LogP contribution is -2.15. The van der Waals surface area contributed by atoms with Gasteiger partial charge < -0.3 is 4.90 Å². The molecule has 0 aliphatic carbocycles. The van der Waals surface area contributed by atoms with Crippen molar-refractivity contribution in [2.24, 2.45) is 0 Å². The Hall–Kier alpha value is -0.460. The molecular weight excluding hydrogens is 110 g/mol. The van der Waals surface area contributed by atoms with Gasteiger partial charge in [0.25, 0.3) is 0 Å². The molecule has 1 rings (SSSR count). The van der Waals surface area contributed by atoms with Crippen LogP contribution in [-0.2, 0) is 0 Å². The summed E-state index contributed by atoms with van der Waals surface area (Å²) in [5, 5.41) is 0. The Morgan fingerprint density at radius 3 is 2.44 bits per heavy atom. The summed E-state index contributed by atoms with van der Waals surface area (Å²) in [7, 11) is 0. The van der Waals surface area contributed by atoms with Gasteiger partial charge in [-0.1, -0.05) is 6.08 Å². The molecular formula is C8H14N. The van der Waals surface area contributed by atoms with Gasteiger partial charge in [-0.05, 0) is 26.7 Å². The molecule has 9 heavy (non-hydrogen) atoms. The molecule has 1 radical (unpaired) electrons. The monoisotopic (exact) mass is 124 g/mol. The van der Waals surface area contributed by atoms with Crippen molar-refractivity contribution < 1.29 is 0 Å². The van der Waals surface area contributed by atoms with Crippen LogP contribution in [0.2, 0.25) is 0 Å². The molecule has 0 aromatic carbocycles. The van der Waals surface area contributed by atoms with Crippen molar-refractivity contribution in [2.75, 3.05) is 13.1 Å². The first-order valence-corrected chi connectivity index (χ1v) is 3.55. The van der Waals surface area contributed by atoms with Gasteiger partial charge >= 0.3 is 0 Å². The predicted octanol–water partition coefficient (Wildman–Crippen LogP) is 1.82. The molecule has 1 fully saturated rings. The van der Waals surface area contributed by atoms with Crippen LogP contribution in [0.4, 0.5) is 0 Å². The summed E-state index contributed by atoms with van der Waals surface area (Å²) in [6.45, 7) is 8.32. The summed E-state index contributed by atoms with van der Waals surface area (Å²) < 4.78 is 0. The van der Waals surface area contributed by atoms with Crippen LogP contribution in [0.15, 0.2) is 11.8 Å². The minimum absolute atomic E-state index is 1.23. The second-order valence-corrected chi connectivity index (χ2v) is 2.54. The van der Waals surface area contributed by atoms with E-state index in [9.17, 15) is 0 Å². The van der Waals surface area contributed by atoms with Crippen molar-refractivity contribution in [3.8, 4) is 0 Å². The summed E-state index contributed by atoms with van der Waals surface area (Å²) >= 11 is 0. The molecule has 1 heterocycles. The average molecular weight is 124 g/mol. The SMILES string of the molecule is [CH2]C=C(C)N1CCCC1. The molecule has 1 heteroatoms. The van der Waals surface area contributed by atoms with E-state index in [1.165, 1.54) is 31.6 Å². The van der Waals surface area contributed by atoms with E-state index >= 15 is 0 Å². The normalized spacial score (nSPS) is 21.1. The van der Waals surface area contributed by atoms with Crippen molar-refractivity contribution in [2.45, 2.75) is 19.8 Å². The van der Waals surface area contributed by atoms with Crippen LogP contribution in [0.25, 0.3) is 0 Å². The highest BCUT2D eigenvalue weighted by Gasteiger charge is 2.09. The maximum atomic E-state index is 3.73. The fraction of sp³-hybridized carbons (Fsp3) is 0.625. The van der Waals surface area contributed by atoms with Crippen molar-refractivity contribution in [1.29, 1.82) is 0 Å². The van der Waals surface area contributed by atoms with Gasteiger partial charge in [0.1, 0.15) is 0 Å². The van der Waals surface area contributed by atoms with E-state index in [4.69, 9.17) is 0 Å². The standard InChI is InChI=1S/C8H14N/c1-3-8(2)9-6-4-5-7-9/h3H,1,4-7H2,2H3. The molecule has 0 atom stereocenters. The maximum absolute atomic E-state index is 3.73. The van der Waals surface area contributed by atoms with E-state index in [0.29, 0.717) is 0 Å². The fourth-order valence-corrected chi connectivity index (χ4v) is 1.20. The molecule has 0 aromatic heterocycles. The Morgan fingerprint density at radius 1 is 1.44 bits per heavy atom. The summed E-state index contributed by atoms with van der Waals surface area (Å²) in [5.74, 6) is 0. The second-order valence-electron chi connectivity index (χ2n) is 2.54. The lowest BCUT2D eigenvalue weighted by molar-refractivity contribution is 0.428. The number of likely N-dealkylation sites (tertiary alicyclic amines) is 1. The molecule has 0 unspecified atom stereocenters. The Morgan fingerprint density at radius 2 is 2.00 bits per heavy atom. The molecule has 0 amide bonds. The Balaban J connectivity index is 2.42. The third-order valence-corrected chi connectivity index (χ3v) is 1.90. The van der Waals surface area contributed by atoms with Gasteiger partial charge in [0.2, 0.25) is 0 Å². The summed E-state index contributed by atoms with van der Waals surface area (Å²) in [4.78, 5) is 2.38. The van der Waals surface area contributed by atoms with Gasteiger partial charge in [-0.25, -0.2) is 0 Å². The Labute approximate surface area is 57.4 Å². The van der Waals surface area contributed by atoms with Gasteiger partial charge in [0.15, 0.2) is 0 Å². The lowest BCUT2D eigenvalue weighted by Gasteiger charge is -2.16. The van der Waals surface area contributed by atoms with E-state index < -0.39 is 0 Å². The third kappa shape index (κ3) is 1.47. The van der Waals surface area contributed by atoms with Crippen LogP contribution in [0, 0.1) is 6.92 Å². The van der Waals surface area contributed by atoms with E-state index in [1.807, 2.05) is 6.08 Å². The molecule has 1 saturated heterocycles. The largest absolute Gasteiger partial charge is 0.375 e. The van der Waals surface area contributed by atoms with Crippen molar-refractivity contribution in [1.82, 2.24) is 4.90 Å². The van der Waals surface area contributed by atoms with E-state index in [-0.39, 0.29) is 0 Å². The zero-order valence-electron chi connectivity index (χ0n) is 6.06. The Bertz CT molecular complexity index is 110. The van der Waals surface area contributed by atoms with Gasteiger partial charge in [-0.15, -0.1) is 0 Å². The van der Waals surface area contributed by atoms with Crippen LogP contribution in [-0.4, -0.2) is 18.0 Å². The number of hydrogen-bond donors (Lipinski definition) is 0. The van der Waals surface area contributed by atoms with Crippen molar-refractivity contribution in [3.05, 3.63) is 18.7 Å². The fourth-order valence-electron chi connectivity index (χ4n) is 1.20. The molecule has 1 aliphatic heterocycles. The zero-order chi connectivity index (χ0) is 6.69. The van der Waals surface area contributed by atoms with Crippen LogP contribution in [0.3, 0.4) is 0 Å². The topological polar surface area (TPSA) is 3.24 Å². The first-order valence-electron chi connectivity index (χ1n) is 3.55. The third-order valence-electron chi connectivity index (χ3n) is 1.90. The molecule has 0 aromatic rings. The highest BCUT2D eigenvalue weighted by molar-refractivity contribution is 5.00. The van der Waals surface area contributed by atoms with Crippen molar-refractivity contribution in [3.63, 3.8) is 0 Å². The highest BCUT2D eigenvalue weighted by atomic mass is 15.1. The number of nitrogens with zero attached hydrogens (tertiary/aromatic N) is 1. The summed E-state index contributed by atoms with van der Waals surface area (Å²) in [6, 6.07) is 0. The van der Waals surface area contributed by atoms with E-state index in [0.717, 1.165) is 0 Å². The summed E-state index contributed by atoms with van der Waals surface area (Å²) in [5.41, 5.74) is 1.33. The maximum Gasteiger partial charge on any atom is 0.0175 e. The van der Waals surface area contributed by atoms with Crippen LogP contribution >= 0.6 is 0 Å². The van der Waals surface area contributed by atoms with E-state index in [1.54, 1.807) is 0 Å². The molecule has 0 spiro atoms. The highest BCUT2D eigenvalue weighted by Crippen LogP contribution is 2.12. The number of hydrogen-bond acceptors (Lipinski definition) is 1. The van der Waals surface area contributed by atoms with Gasteiger partial charge in [-0.3, -0.25) is 0 Å². The molecule has 0 N–H and O–H groups in total. The smallest absolute Gasteiger partial charge is 0.0175 e. The Kier molecular flexibility index (Phi) is 2.15. The molecule has 0 bridgehead atoms. The minimum atomic E-state index is 1.23. The quantitative estimate of drug-likeness (QED) is 0.515. The molecule has 1 aliphatic rings. The predicted molar refractivity (Wildman–Crippen MR) is 39.9 cm³/mol. The van der Waals surface area contributed by atoms with E-state index in [2.05, 4.69) is 18.7 Å². The second kappa shape index (κ2) is 2.90. The van der Waals surface area contributed by atoms with Crippen LogP contribution < -0.4 is 0 Å². The minimum Gasteiger partial charge on any atom is -0.375 e. The molecule has 0 saturated carbocycles. The number of rotatable bonds is 1.